The summed E-state index contributed by atoms with van der Waals surface area (Å²) in [5.41, 5.74) is 1.75. The molecule has 0 aliphatic carbocycles. The first-order chi connectivity index (χ1) is 13.3. The van der Waals surface area contributed by atoms with Gasteiger partial charge >= 0.3 is 5.97 Å². The van der Waals surface area contributed by atoms with E-state index < -0.39 is 15.8 Å². The topological polar surface area (TPSA) is 96.5 Å². The van der Waals surface area contributed by atoms with Gasteiger partial charge in [0.2, 0.25) is 0 Å². The summed E-state index contributed by atoms with van der Waals surface area (Å²) in [5.74, 6) is -0.755. The van der Waals surface area contributed by atoms with Crippen LogP contribution in [0.25, 0.3) is 10.9 Å². The highest BCUT2D eigenvalue weighted by Crippen LogP contribution is 2.22. The highest BCUT2D eigenvalue weighted by Gasteiger charge is 2.36. The van der Waals surface area contributed by atoms with Gasteiger partial charge in [0.15, 0.2) is 16.4 Å². The van der Waals surface area contributed by atoms with E-state index in [0.717, 1.165) is 16.5 Å². The number of para-hydroxylation sites is 1. The van der Waals surface area contributed by atoms with E-state index in [0.29, 0.717) is 12.8 Å². The Hall–Kier alpha value is -2.35. The number of ether oxygens (including phenoxy) is 1. The third-order valence-corrected chi connectivity index (χ3v) is 7.07. The summed E-state index contributed by atoms with van der Waals surface area (Å²) in [5, 5.41) is 0.947. The maximum atomic E-state index is 12.7. The first-order valence-corrected chi connectivity index (χ1v) is 11.3. The predicted octanol–water partition coefficient (Wildman–Crippen LogP) is 2.07. The minimum absolute atomic E-state index is 0.0215. The van der Waals surface area contributed by atoms with Crippen molar-refractivity contribution in [1.29, 1.82) is 0 Å². The number of amides is 1. The molecule has 1 saturated heterocycles. The molecule has 0 unspecified atom stereocenters. The molecule has 1 aliphatic heterocycles. The number of hydrogen-bond donors (Lipinski definition) is 1. The quantitative estimate of drug-likeness (QED) is 0.710. The molecule has 0 radical (unpaired) electrons. The Morgan fingerprint density at radius 3 is 2.75 bits per heavy atom. The van der Waals surface area contributed by atoms with Crippen LogP contribution in [0.4, 0.5) is 0 Å². The fourth-order valence-corrected chi connectivity index (χ4v) is 5.41. The van der Waals surface area contributed by atoms with Gasteiger partial charge in [0.25, 0.3) is 5.91 Å². The molecule has 28 heavy (non-hydrogen) atoms. The van der Waals surface area contributed by atoms with Crippen molar-refractivity contribution in [3.05, 3.63) is 36.0 Å². The number of nitrogens with zero attached hydrogens (tertiary/aromatic N) is 1. The lowest BCUT2D eigenvalue weighted by atomic mass is 10.1. The number of nitrogens with one attached hydrogen (secondary N) is 1. The number of aromatic amines is 1. The van der Waals surface area contributed by atoms with E-state index >= 15 is 0 Å². The minimum atomic E-state index is -3.11. The number of carbonyl (C=O) groups excluding carboxylic acids is 2. The molecular weight excluding hydrogens is 380 g/mol. The maximum absolute atomic E-state index is 12.7. The highest BCUT2D eigenvalue weighted by atomic mass is 32.2. The normalized spacial score (nSPS) is 19.4. The smallest absolute Gasteiger partial charge is 0.310 e. The van der Waals surface area contributed by atoms with Crippen LogP contribution in [-0.2, 0) is 30.6 Å². The molecule has 1 aliphatic rings. The van der Waals surface area contributed by atoms with Gasteiger partial charge in [-0.3, -0.25) is 9.59 Å². The summed E-state index contributed by atoms with van der Waals surface area (Å²) >= 11 is 0. The molecule has 1 aromatic heterocycles. The molecule has 2 aromatic rings. The number of H-pyrrole nitrogens is 1. The van der Waals surface area contributed by atoms with Crippen molar-refractivity contribution in [2.24, 2.45) is 0 Å². The second kappa shape index (κ2) is 8.34. The molecular formula is C20H26N2O5S. The number of carbonyl (C=O) groups is 2. The number of hydrogen-bond acceptors (Lipinski definition) is 5. The Balaban J connectivity index is 1.61. The molecule has 8 heteroatoms. The Kier molecular flexibility index (Phi) is 6.07. The lowest BCUT2D eigenvalue weighted by molar-refractivity contribution is -0.153. The van der Waals surface area contributed by atoms with Crippen LogP contribution in [0, 0.1) is 0 Å². The molecule has 7 nitrogen and oxygen atoms in total. The van der Waals surface area contributed by atoms with Gasteiger partial charge in [0.1, 0.15) is 0 Å². The zero-order chi connectivity index (χ0) is 20.3. The van der Waals surface area contributed by atoms with Crippen LogP contribution >= 0.6 is 0 Å². The van der Waals surface area contributed by atoms with Gasteiger partial charge in [-0.2, -0.15) is 0 Å². The summed E-state index contributed by atoms with van der Waals surface area (Å²) in [7, 11) is -3.11. The van der Waals surface area contributed by atoms with E-state index in [-0.39, 0.29) is 42.5 Å². The van der Waals surface area contributed by atoms with Crippen molar-refractivity contribution in [3.8, 4) is 0 Å². The Labute approximate surface area is 165 Å². The largest absolute Gasteiger partial charge is 0.455 e. The third-order valence-electron chi connectivity index (χ3n) is 5.32. The van der Waals surface area contributed by atoms with Crippen LogP contribution in [0.2, 0.25) is 0 Å². The molecule has 152 valence electrons. The van der Waals surface area contributed by atoms with Crippen molar-refractivity contribution in [1.82, 2.24) is 9.88 Å². The second-order valence-corrected chi connectivity index (χ2v) is 9.54. The number of fused-ring (bicyclic) bond motifs is 1. The van der Waals surface area contributed by atoms with Crippen molar-refractivity contribution < 1.29 is 22.7 Å². The number of aromatic nitrogens is 1. The first kappa shape index (κ1) is 20.4. The van der Waals surface area contributed by atoms with E-state index in [9.17, 15) is 18.0 Å². The van der Waals surface area contributed by atoms with E-state index in [1.807, 2.05) is 38.1 Å². The van der Waals surface area contributed by atoms with Gasteiger partial charge < -0.3 is 14.6 Å². The van der Waals surface area contributed by atoms with Crippen molar-refractivity contribution in [2.45, 2.75) is 45.2 Å². The maximum Gasteiger partial charge on any atom is 0.310 e. The SMILES string of the molecule is CC[C@H](C)N(C(=O)COC(=O)Cc1c[nH]c2ccccc12)[C@@H]1CCS(=O)(=O)C1. The molecule has 1 amide bonds. The summed E-state index contributed by atoms with van der Waals surface area (Å²) < 4.78 is 28.8. The zero-order valence-electron chi connectivity index (χ0n) is 16.2. The van der Waals surface area contributed by atoms with Crippen LogP contribution in [0.5, 0.6) is 0 Å². The lowest BCUT2D eigenvalue weighted by Crippen LogP contribution is -2.48. The van der Waals surface area contributed by atoms with Crippen molar-refractivity contribution >= 4 is 32.6 Å². The first-order valence-electron chi connectivity index (χ1n) is 9.53. The van der Waals surface area contributed by atoms with Gasteiger partial charge in [0, 0.05) is 29.2 Å². The van der Waals surface area contributed by atoms with Crippen LogP contribution in [0.1, 0.15) is 32.3 Å². The third kappa shape index (κ3) is 4.55. The zero-order valence-corrected chi connectivity index (χ0v) is 17.0. The fourth-order valence-electron chi connectivity index (χ4n) is 3.70. The fraction of sp³-hybridized carbons (Fsp3) is 0.500. The molecule has 1 N–H and O–H groups in total. The van der Waals surface area contributed by atoms with Crippen LogP contribution < -0.4 is 0 Å². The van der Waals surface area contributed by atoms with Gasteiger partial charge in [-0.1, -0.05) is 25.1 Å². The Morgan fingerprint density at radius 2 is 2.07 bits per heavy atom. The molecule has 0 saturated carbocycles. The van der Waals surface area contributed by atoms with Gasteiger partial charge in [-0.25, -0.2) is 8.42 Å². The van der Waals surface area contributed by atoms with E-state index in [1.54, 1.807) is 11.1 Å². The standard InChI is InChI=1S/C20H26N2O5S/c1-3-14(2)22(16-8-9-28(25,26)13-16)19(23)12-27-20(24)10-15-11-21-18-7-5-4-6-17(15)18/h4-7,11,14,16,21H,3,8-10,12-13H2,1-2H3/t14-,16+/m0/s1. The highest BCUT2D eigenvalue weighted by molar-refractivity contribution is 7.91. The van der Waals surface area contributed by atoms with E-state index in [1.165, 1.54) is 0 Å². The summed E-state index contributed by atoms with van der Waals surface area (Å²) in [6.07, 6.45) is 2.97. The van der Waals surface area contributed by atoms with Crippen LogP contribution in [0.15, 0.2) is 30.5 Å². The lowest BCUT2D eigenvalue weighted by Gasteiger charge is -2.33. The molecule has 0 bridgehead atoms. The van der Waals surface area contributed by atoms with Crippen LogP contribution in [-0.4, -0.2) is 60.4 Å². The monoisotopic (exact) mass is 406 g/mol. The molecule has 1 fully saturated rings. The van der Waals surface area contributed by atoms with Crippen molar-refractivity contribution in [3.63, 3.8) is 0 Å². The molecule has 3 rings (SSSR count). The molecule has 2 heterocycles. The predicted molar refractivity (Wildman–Crippen MR) is 107 cm³/mol. The van der Waals surface area contributed by atoms with E-state index in [2.05, 4.69) is 4.98 Å². The number of rotatable bonds is 7. The van der Waals surface area contributed by atoms with Crippen molar-refractivity contribution in [2.75, 3.05) is 18.1 Å². The Bertz CT molecular complexity index is 966. The van der Waals surface area contributed by atoms with E-state index in [4.69, 9.17) is 4.74 Å². The van der Waals surface area contributed by atoms with Gasteiger partial charge in [-0.15, -0.1) is 0 Å². The average Bonchev–Trinajstić information content (AvgIpc) is 3.23. The number of esters is 1. The summed E-state index contributed by atoms with van der Waals surface area (Å²) in [4.78, 5) is 29.6. The van der Waals surface area contributed by atoms with Gasteiger partial charge in [-0.05, 0) is 31.4 Å². The molecule has 0 spiro atoms. The van der Waals surface area contributed by atoms with Crippen LogP contribution in [0.3, 0.4) is 0 Å². The number of benzene rings is 1. The average molecular weight is 407 g/mol. The Morgan fingerprint density at radius 1 is 1.32 bits per heavy atom. The van der Waals surface area contributed by atoms with Gasteiger partial charge in [0.05, 0.1) is 17.9 Å². The summed E-state index contributed by atoms with van der Waals surface area (Å²) in [6.45, 7) is 3.45. The second-order valence-electron chi connectivity index (χ2n) is 7.31. The molecule has 1 aromatic carbocycles. The number of sulfone groups is 1. The summed E-state index contributed by atoms with van der Waals surface area (Å²) in [6, 6.07) is 7.19. The molecule has 2 atom stereocenters. The minimum Gasteiger partial charge on any atom is -0.455 e.